The molecular formula is C14H15N3O2S. The number of aryl methyl sites for hydroxylation is 1. The van der Waals surface area contributed by atoms with Crippen molar-refractivity contribution in [2.45, 2.75) is 13.5 Å². The Morgan fingerprint density at radius 2 is 2.10 bits per heavy atom. The third kappa shape index (κ3) is 3.72. The standard InChI is InChI=1S/C14H15N3O2S/c1-9-6-12(13(15)20)17-14(16-9)19-11-5-3-4-10(7-11)8-18-2/h3-7H,8H2,1-2H3,(H2,15,20). The molecule has 0 amide bonds. The van der Waals surface area contributed by atoms with Crippen LogP contribution >= 0.6 is 12.2 Å². The Kier molecular flexibility index (Phi) is 4.60. The third-order valence-corrected chi connectivity index (χ3v) is 2.71. The van der Waals surface area contributed by atoms with Crippen LogP contribution in [-0.2, 0) is 11.3 Å². The number of nitrogens with two attached hydrogens (primary N) is 1. The third-order valence-electron chi connectivity index (χ3n) is 2.50. The van der Waals surface area contributed by atoms with Crippen LogP contribution < -0.4 is 10.5 Å². The summed E-state index contributed by atoms with van der Waals surface area (Å²) in [5, 5.41) is 0. The summed E-state index contributed by atoms with van der Waals surface area (Å²) in [6, 6.07) is 9.47. The van der Waals surface area contributed by atoms with Gasteiger partial charge in [0.1, 0.15) is 16.4 Å². The molecule has 1 heterocycles. The molecule has 0 saturated carbocycles. The summed E-state index contributed by atoms with van der Waals surface area (Å²) in [6.07, 6.45) is 0. The second kappa shape index (κ2) is 6.40. The van der Waals surface area contributed by atoms with E-state index in [4.69, 9.17) is 27.4 Å². The van der Waals surface area contributed by atoms with Crippen LogP contribution in [0.2, 0.25) is 0 Å². The molecule has 0 atom stereocenters. The molecular weight excluding hydrogens is 274 g/mol. The SMILES string of the molecule is COCc1cccc(Oc2nc(C)cc(C(N)=S)n2)c1. The lowest BCUT2D eigenvalue weighted by Gasteiger charge is -2.08. The molecule has 5 nitrogen and oxygen atoms in total. The van der Waals surface area contributed by atoms with Crippen molar-refractivity contribution in [2.75, 3.05) is 7.11 Å². The zero-order chi connectivity index (χ0) is 14.5. The molecule has 2 N–H and O–H groups in total. The Labute approximate surface area is 122 Å². The van der Waals surface area contributed by atoms with Gasteiger partial charge in [0.2, 0.25) is 0 Å². The van der Waals surface area contributed by atoms with Gasteiger partial charge in [-0.1, -0.05) is 24.4 Å². The maximum atomic E-state index is 5.64. The van der Waals surface area contributed by atoms with E-state index >= 15 is 0 Å². The largest absolute Gasteiger partial charge is 0.424 e. The molecule has 2 rings (SSSR count). The smallest absolute Gasteiger partial charge is 0.322 e. The Bertz CT molecular complexity index is 632. The van der Waals surface area contributed by atoms with Crippen molar-refractivity contribution in [3.05, 3.63) is 47.3 Å². The predicted octanol–water partition coefficient (Wildman–Crippen LogP) is 2.36. The molecule has 0 bridgehead atoms. The molecule has 0 saturated heterocycles. The zero-order valence-electron chi connectivity index (χ0n) is 11.3. The maximum Gasteiger partial charge on any atom is 0.322 e. The number of ether oxygens (including phenoxy) is 2. The number of thiocarbonyl (C=S) groups is 1. The van der Waals surface area contributed by atoms with Crippen molar-refractivity contribution < 1.29 is 9.47 Å². The Hall–Kier alpha value is -2.05. The van der Waals surface area contributed by atoms with E-state index in [9.17, 15) is 0 Å². The summed E-state index contributed by atoms with van der Waals surface area (Å²) in [5.74, 6) is 0.638. The van der Waals surface area contributed by atoms with E-state index in [1.165, 1.54) is 0 Å². The van der Waals surface area contributed by atoms with Gasteiger partial charge < -0.3 is 15.2 Å². The highest BCUT2D eigenvalue weighted by atomic mass is 32.1. The number of benzene rings is 1. The van der Waals surface area contributed by atoms with Crippen molar-refractivity contribution in [3.8, 4) is 11.8 Å². The van der Waals surface area contributed by atoms with Gasteiger partial charge in [-0.2, -0.15) is 4.98 Å². The second-order valence-corrected chi connectivity index (χ2v) is 4.66. The first-order chi connectivity index (χ1) is 9.58. The fourth-order valence-electron chi connectivity index (χ4n) is 1.68. The molecule has 104 valence electrons. The minimum atomic E-state index is 0.216. The highest BCUT2D eigenvalue weighted by molar-refractivity contribution is 7.80. The van der Waals surface area contributed by atoms with Crippen LogP contribution in [0.4, 0.5) is 0 Å². The first-order valence-electron chi connectivity index (χ1n) is 5.99. The lowest BCUT2D eigenvalue weighted by atomic mass is 10.2. The van der Waals surface area contributed by atoms with E-state index in [2.05, 4.69) is 9.97 Å². The predicted molar refractivity (Wildman–Crippen MR) is 79.9 cm³/mol. The number of methoxy groups -OCH3 is 1. The van der Waals surface area contributed by atoms with Gasteiger partial charge in [-0.3, -0.25) is 0 Å². The van der Waals surface area contributed by atoms with E-state index in [0.29, 0.717) is 18.1 Å². The molecule has 0 aliphatic carbocycles. The van der Waals surface area contributed by atoms with E-state index in [1.54, 1.807) is 13.2 Å². The normalized spacial score (nSPS) is 10.3. The Morgan fingerprint density at radius 1 is 1.30 bits per heavy atom. The summed E-state index contributed by atoms with van der Waals surface area (Å²) in [6.45, 7) is 2.35. The number of nitrogens with zero attached hydrogens (tertiary/aromatic N) is 2. The Balaban J connectivity index is 2.25. The summed E-state index contributed by atoms with van der Waals surface area (Å²) in [7, 11) is 1.64. The summed E-state index contributed by atoms with van der Waals surface area (Å²) in [4.78, 5) is 8.60. The molecule has 0 radical (unpaired) electrons. The van der Waals surface area contributed by atoms with Crippen LogP contribution in [0.5, 0.6) is 11.8 Å². The number of aromatic nitrogens is 2. The van der Waals surface area contributed by atoms with Crippen molar-refractivity contribution in [1.82, 2.24) is 9.97 Å². The number of rotatable bonds is 5. The van der Waals surface area contributed by atoms with Gasteiger partial charge in [0.25, 0.3) is 0 Å². The van der Waals surface area contributed by atoms with Crippen molar-refractivity contribution >= 4 is 17.2 Å². The number of hydrogen-bond donors (Lipinski definition) is 1. The summed E-state index contributed by atoms with van der Waals surface area (Å²) < 4.78 is 10.7. The van der Waals surface area contributed by atoms with Gasteiger partial charge in [-0.05, 0) is 30.7 Å². The minimum Gasteiger partial charge on any atom is -0.424 e. The van der Waals surface area contributed by atoms with E-state index in [1.807, 2.05) is 31.2 Å². The van der Waals surface area contributed by atoms with Gasteiger partial charge >= 0.3 is 6.01 Å². The molecule has 1 aromatic carbocycles. The highest BCUT2D eigenvalue weighted by Crippen LogP contribution is 2.20. The fraction of sp³-hybridized carbons (Fsp3) is 0.214. The van der Waals surface area contributed by atoms with Crippen LogP contribution in [-0.4, -0.2) is 22.1 Å². The van der Waals surface area contributed by atoms with Gasteiger partial charge in [0.15, 0.2) is 0 Å². The number of hydrogen-bond acceptors (Lipinski definition) is 5. The lowest BCUT2D eigenvalue weighted by molar-refractivity contribution is 0.184. The Morgan fingerprint density at radius 3 is 2.80 bits per heavy atom. The van der Waals surface area contributed by atoms with Gasteiger partial charge in [-0.25, -0.2) is 4.98 Å². The van der Waals surface area contributed by atoms with Crippen LogP contribution in [0.25, 0.3) is 0 Å². The summed E-state index contributed by atoms with van der Waals surface area (Å²) >= 11 is 4.92. The van der Waals surface area contributed by atoms with Gasteiger partial charge in [-0.15, -0.1) is 0 Å². The van der Waals surface area contributed by atoms with Crippen molar-refractivity contribution in [1.29, 1.82) is 0 Å². The first-order valence-corrected chi connectivity index (χ1v) is 6.40. The minimum absolute atomic E-state index is 0.216. The average Bonchev–Trinajstić information content (AvgIpc) is 2.38. The molecule has 0 aliphatic heterocycles. The molecule has 0 spiro atoms. The van der Waals surface area contributed by atoms with Crippen LogP contribution in [0.3, 0.4) is 0 Å². The molecule has 20 heavy (non-hydrogen) atoms. The quantitative estimate of drug-likeness (QED) is 0.852. The monoisotopic (exact) mass is 289 g/mol. The molecule has 0 fully saturated rings. The first kappa shape index (κ1) is 14.4. The zero-order valence-corrected chi connectivity index (χ0v) is 12.1. The highest BCUT2D eigenvalue weighted by Gasteiger charge is 2.07. The van der Waals surface area contributed by atoms with Gasteiger partial charge in [0.05, 0.1) is 6.61 Å². The van der Waals surface area contributed by atoms with E-state index in [-0.39, 0.29) is 11.0 Å². The van der Waals surface area contributed by atoms with E-state index in [0.717, 1.165) is 11.3 Å². The lowest BCUT2D eigenvalue weighted by Crippen LogP contribution is -2.13. The molecule has 6 heteroatoms. The van der Waals surface area contributed by atoms with E-state index < -0.39 is 0 Å². The topological polar surface area (TPSA) is 70.3 Å². The fourth-order valence-corrected chi connectivity index (χ4v) is 1.79. The molecule has 2 aromatic rings. The molecule has 0 unspecified atom stereocenters. The maximum absolute atomic E-state index is 5.64. The van der Waals surface area contributed by atoms with Crippen LogP contribution in [0.1, 0.15) is 17.0 Å². The van der Waals surface area contributed by atoms with Crippen LogP contribution in [0, 0.1) is 6.92 Å². The van der Waals surface area contributed by atoms with Gasteiger partial charge in [0, 0.05) is 12.8 Å². The van der Waals surface area contributed by atoms with Crippen LogP contribution in [0.15, 0.2) is 30.3 Å². The average molecular weight is 289 g/mol. The molecule has 0 aliphatic rings. The van der Waals surface area contributed by atoms with Crippen molar-refractivity contribution in [2.24, 2.45) is 5.73 Å². The molecule has 1 aromatic heterocycles. The second-order valence-electron chi connectivity index (χ2n) is 4.22. The van der Waals surface area contributed by atoms with Crippen molar-refractivity contribution in [3.63, 3.8) is 0 Å². The summed E-state index contributed by atoms with van der Waals surface area (Å²) in [5.41, 5.74) is 7.82.